The van der Waals surface area contributed by atoms with Crippen LogP contribution in [-0.4, -0.2) is 17.0 Å². The Balaban J connectivity index is 2.12. The molecule has 0 unspecified atom stereocenters. The number of oxime groups is 1. The average Bonchev–Trinajstić information content (AvgIpc) is 2.28. The number of hydrogen-bond donors (Lipinski definition) is 3. The number of amides is 1. The van der Waals surface area contributed by atoms with Crippen molar-refractivity contribution in [2.24, 2.45) is 16.8 Å². The van der Waals surface area contributed by atoms with Gasteiger partial charge in [-0.15, -0.1) is 0 Å². The first-order valence-electron chi connectivity index (χ1n) is 5.70. The molecule has 1 aromatic carbocycles. The highest BCUT2D eigenvalue weighted by atomic mass is 19.1. The molecule has 1 aliphatic carbocycles. The van der Waals surface area contributed by atoms with Gasteiger partial charge < -0.3 is 16.3 Å². The van der Waals surface area contributed by atoms with E-state index in [9.17, 15) is 9.18 Å². The molecule has 5 nitrogen and oxygen atoms in total. The minimum atomic E-state index is -0.605. The van der Waals surface area contributed by atoms with Gasteiger partial charge in [0, 0.05) is 11.5 Å². The molecule has 0 atom stereocenters. The van der Waals surface area contributed by atoms with Crippen molar-refractivity contribution >= 4 is 17.4 Å². The van der Waals surface area contributed by atoms with E-state index in [0.717, 1.165) is 25.3 Å². The molecule has 96 valence electrons. The topological polar surface area (TPSA) is 87.7 Å². The highest BCUT2D eigenvalue weighted by Crippen LogP contribution is 2.28. The summed E-state index contributed by atoms with van der Waals surface area (Å²) in [6.07, 6.45) is 2.76. The molecular weight excluding hydrogens is 237 g/mol. The maximum atomic E-state index is 13.7. The van der Waals surface area contributed by atoms with Gasteiger partial charge in [0.15, 0.2) is 5.84 Å². The molecule has 0 spiro atoms. The van der Waals surface area contributed by atoms with Crippen molar-refractivity contribution in [3.05, 3.63) is 29.6 Å². The van der Waals surface area contributed by atoms with E-state index in [1.54, 1.807) is 0 Å². The van der Waals surface area contributed by atoms with Gasteiger partial charge in [-0.2, -0.15) is 0 Å². The van der Waals surface area contributed by atoms with E-state index in [-0.39, 0.29) is 28.9 Å². The molecule has 0 radical (unpaired) electrons. The Morgan fingerprint density at radius 1 is 1.50 bits per heavy atom. The maximum Gasteiger partial charge on any atom is 0.227 e. The minimum Gasteiger partial charge on any atom is -0.409 e. The predicted octanol–water partition coefficient (Wildman–Crippen LogP) is 1.66. The summed E-state index contributed by atoms with van der Waals surface area (Å²) in [4.78, 5) is 11.7. The van der Waals surface area contributed by atoms with Gasteiger partial charge in [-0.05, 0) is 31.0 Å². The van der Waals surface area contributed by atoms with Crippen LogP contribution in [-0.2, 0) is 4.79 Å². The predicted molar refractivity (Wildman–Crippen MR) is 64.9 cm³/mol. The first kappa shape index (κ1) is 12.3. The van der Waals surface area contributed by atoms with Crippen molar-refractivity contribution in [2.75, 3.05) is 5.32 Å². The Kier molecular flexibility index (Phi) is 3.45. The van der Waals surface area contributed by atoms with Gasteiger partial charge >= 0.3 is 0 Å². The molecule has 4 N–H and O–H groups in total. The van der Waals surface area contributed by atoms with Crippen LogP contribution in [0.25, 0.3) is 0 Å². The van der Waals surface area contributed by atoms with Crippen LogP contribution in [0.15, 0.2) is 23.4 Å². The van der Waals surface area contributed by atoms with Gasteiger partial charge in [-0.25, -0.2) is 4.39 Å². The molecule has 0 heterocycles. The van der Waals surface area contributed by atoms with Crippen molar-refractivity contribution in [3.8, 4) is 0 Å². The van der Waals surface area contributed by atoms with E-state index >= 15 is 0 Å². The van der Waals surface area contributed by atoms with Crippen molar-refractivity contribution in [1.29, 1.82) is 0 Å². The van der Waals surface area contributed by atoms with Gasteiger partial charge in [-0.1, -0.05) is 11.6 Å². The fraction of sp³-hybridized carbons (Fsp3) is 0.333. The normalized spacial score (nSPS) is 16.2. The SMILES string of the molecule is N/C(=N/O)c1ccc(NC(=O)C2CCC2)c(F)c1. The van der Waals surface area contributed by atoms with E-state index in [2.05, 4.69) is 10.5 Å². The largest absolute Gasteiger partial charge is 0.409 e. The number of carbonyl (C=O) groups excluding carboxylic acids is 1. The number of nitrogens with one attached hydrogen (secondary N) is 1. The van der Waals surface area contributed by atoms with Gasteiger partial charge in [0.25, 0.3) is 0 Å². The molecule has 1 saturated carbocycles. The van der Waals surface area contributed by atoms with Gasteiger partial charge in [0.2, 0.25) is 5.91 Å². The molecule has 1 aliphatic rings. The monoisotopic (exact) mass is 251 g/mol. The summed E-state index contributed by atoms with van der Waals surface area (Å²) in [5.41, 5.74) is 5.71. The fourth-order valence-corrected chi connectivity index (χ4v) is 1.74. The second-order valence-corrected chi connectivity index (χ2v) is 4.30. The van der Waals surface area contributed by atoms with E-state index < -0.39 is 5.82 Å². The Hall–Kier alpha value is -2.11. The molecule has 18 heavy (non-hydrogen) atoms. The molecule has 1 aromatic rings. The molecular formula is C12H14FN3O2. The van der Waals surface area contributed by atoms with E-state index in [4.69, 9.17) is 10.9 Å². The summed E-state index contributed by atoms with van der Waals surface area (Å²) in [5, 5.41) is 13.8. The van der Waals surface area contributed by atoms with Crippen LogP contribution in [0.1, 0.15) is 24.8 Å². The smallest absolute Gasteiger partial charge is 0.227 e. The quantitative estimate of drug-likeness (QED) is 0.330. The summed E-state index contributed by atoms with van der Waals surface area (Å²) in [7, 11) is 0. The summed E-state index contributed by atoms with van der Waals surface area (Å²) >= 11 is 0. The lowest BCUT2D eigenvalue weighted by atomic mass is 9.85. The molecule has 0 aliphatic heterocycles. The van der Waals surface area contributed by atoms with Crippen molar-refractivity contribution in [3.63, 3.8) is 0 Å². The van der Waals surface area contributed by atoms with Crippen LogP contribution >= 0.6 is 0 Å². The summed E-state index contributed by atoms with van der Waals surface area (Å²) in [6, 6.07) is 4.00. The first-order chi connectivity index (χ1) is 8.61. The summed E-state index contributed by atoms with van der Waals surface area (Å²) in [5.74, 6) is -0.942. The third-order valence-electron chi connectivity index (χ3n) is 3.11. The van der Waals surface area contributed by atoms with E-state index in [0.29, 0.717) is 0 Å². The highest BCUT2D eigenvalue weighted by molar-refractivity contribution is 5.98. The highest BCUT2D eigenvalue weighted by Gasteiger charge is 2.25. The zero-order chi connectivity index (χ0) is 13.1. The number of halogens is 1. The second-order valence-electron chi connectivity index (χ2n) is 4.30. The van der Waals surface area contributed by atoms with Gasteiger partial charge in [-0.3, -0.25) is 4.79 Å². The van der Waals surface area contributed by atoms with Crippen LogP contribution in [0.4, 0.5) is 10.1 Å². The molecule has 2 rings (SSSR count). The summed E-state index contributed by atoms with van der Waals surface area (Å²) in [6.45, 7) is 0. The molecule has 1 fully saturated rings. The zero-order valence-electron chi connectivity index (χ0n) is 9.69. The number of benzene rings is 1. The van der Waals surface area contributed by atoms with Crippen LogP contribution < -0.4 is 11.1 Å². The Labute approximate surface area is 103 Å². The number of nitrogens with zero attached hydrogens (tertiary/aromatic N) is 1. The Bertz CT molecular complexity index is 498. The van der Waals surface area contributed by atoms with Crippen LogP contribution in [0.3, 0.4) is 0 Å². The van der Waals surface area contributed by atoms with E-state index in [1.165, 1.54) is 12.1 Å². The lowest BCUT2D eigenvalue weighted by Gasteiger charge is -2.24. The number of hydrogen-bond acceptors (Lipinski definition) is 3. The number of nitrogens with two attached hydrogens (primary N) is 1. The zero-order valence-corrected chi connectivity index (χ0v) is 9.69. The van der Waals surface area contributed by atoms with Crippen LogP contribution in [0.5, 0.6) is 0 Å². The molecule has 0 saturated heterocycles. The number of carbonyl (C=O) groups is 1. The number of amidine groups is 1. The Morgan fingerprint density at radius 3 is 2.72 bits per heavy atom. The number of anilines is 1. The molecule has 0 bridgehead atoms. The maximum absolute atomic E-state index is 13.7. The van der Waals surface area contributed by atoms with Gasteiger partial charge in [0.1, 0.15) is 5.82 Å². The van der Waals surface area contributed by atoms with Crippen LogP contribution in [0, 0.1) is 11.7 Å². The standard InChI is InChI=1S/C12H14FN3O2/c13-9-6-8(11(14)16-18)4-5-10(9)15-12(17)7-2-1-3-7/h4-7,18H,1-3H2,(H2,14,16)(H,15,17). The van der Waals surface area contributed by atoms with Crippen LogP contribution in [0.2, 0.25) is 0 Å². The minimum absolute atomic E-state index is 0.00634. The van der Waals surface area contributed by atoms with Crippen molar-refractivity contribution < 1.29 is 14.4 Å². The number of rotatable bonds is 3. The first-order valence-corrected chi connectivity index (χ1v) is 5.70. The second kappa shape index (κ2) is 5.03. The summed E-state index contributed by atoms with van der Waals surface area (Å²) < 4.78 is 13.7. The lowest BCUT2D eigenvalue weighted by Crippen LogP contribution is -2.28. The fourth-order valence-electron chi connectivity index (χ4n) is 1.74. The van der Waals surface area contributed by atoms with Crippen molar-refractivity contribution in [1.82, 2.24) is 0 Å². The third-order valence-corrected chi connectivity index (χ3v) is 3.11. The lowest BCUT2D eigenvalue weighted by molar-refractivity contribution is -0.122. The molecule has 0 aromatic heterocycles. The molecule has 1 amide bonds. The van der Waals surface area contributed by atoms with Crippen molar-refractivity contribution in [2.45, 2.75) is 19.3 Å². The third kappa shape index (κ3) is 2.42. The Morgan fingerprint density at radius 2 is 2.22 bits per heavy atom. The van der Waals surface area contributed by atoms with E-state index in [1.807, 2.05) is 0 Å². The average molecular weight is 251 g/mol. The van der Waals surface area contributed by atoms with Gasteiger partial charge in [0.05, 0.1) is 5.69 Å². The molecule has 6 heteroatoms.